The maximum atomic E-state index is 12.0. The van der Waals surface area contributed by atoms with Crippen LogP contribution in [-0.2, 0) is 20.4 Å². The fraction of sp³-hybridized carbons (Fsp3) is 0.579. The number of hydrogen-bond donors (Lipinski definition) is 2. The number of rotatable bonds is 6. The Labute approximate surface area is 157 Å². The van der Waals surface area contributed by atoms with Crippen molar-refractivity contribution >= 4 is 22.4 Å². The van der Waals surface area contributed by atoms with E-state index in [1.54, 1.807) is 12.4 Å². The fourth-order valence-corrected chi connectivity index (χ4v) is 3.69. The van der Waals surface area contributed by atoms with Crippen LogP contribution in [0.2, 0.25) is 0 Å². The molecule has 1 fully saturated rings. The summed E-state index contributed by atoms with van der Waals surface area (Å²) < 4.78 is 10.7. The Morgan fingerprint density at radius 2 is 1.96 bits per heavy atom. The van der Waals surface area contributed by atoms with Crippen molar-refractivity contribution in [2.45, 2.75) is 63.2 Å². The van der Waals surface area contributed by atoms with E-state index in [-0.39, 0.29) is 12.5 Å². The van der Waals surface area contributed by atoms with Gasteiger partial charge in [0.05, 0.1) is 5.71 Å². The van der Waals surface area contributed by atoms with Crippen molar-refractivity contribution in [2.75, 3.05) is 6.26 Å². The highest BCUT2D eigenvalue weighted by atomic mass is 32.2. The van der Waals surface area contributed by atoms with E-state index in [0.717, 1.165) is 11.3 Å². The van der Waals surface area contributed by atoms with Crippen molar-refractivity contribution in [1.29, 1.82) is 0 Å². The SMILES string of the molecule is CC.CS(=O)C(C)(CC1CC(c2ccc(C3CC3)cc2)=NO1)C(=O)NO. The lowest BCUT2D eigenvalue weighted by molar-refractivity contribution is -0.132. The minimum absolute atomic E-state index is 0.218. The zero-order valence-electron chi connectivity index (χ0n) is 15.8. The number of oxime groups is 1. The summed E-state index contributed by atoms with van der Waals surface area (Å²) in [6, 6.07) is 8.37. The molecule has 1 aromatic rings. The van der Waals surface area contributed by atoms with Crippen molar-refractivity contribution in [3.8, 4) is 0 Å². The minimum atomic E-state index is -1.46. The Hall–Kier alpha value is -1.73. The molecule has 2 aliphatic rings. The van der Waals surface area contributed by atoms with Crippen LogP contribution < -0.4 is 5.48 Å². The maximum absolute atomic E-state index is 12.0. The number of hydroxylamine groups is 1. The van der Waals surface area contributed by atoms with Crippen LogP contribution >= 0.6 is 0 Å². The van der Waals surface area contributed by atoms with Gasteiger partial charge in [0.2, 0.25) is 0 Å². The third kappa shape index (κ3) is 4.51. The molecule has 0 bridgehead atoms. The van der Waals surface area contributed by atoms with Crippen molar-refractivity contribution in [2.24, 2.45) is 5.16 Å². The van der Waals surface area contributed by atoms with Crippen LogP contribution in [0.1, 0.15) is 63.5 Å². The molecule has 1 aliphatic carbocycles. The summed E-state index contributed by atoms with van der Waals surface area (Å²) in [6.07, 6.45) is 4.41. The third-order valence-electron chi connectivity index (χ3n) is 4.86. The van der Waals surface area contributed by atoms with Crippen LogP contribution in [0, 0.1) is 0 Å². The summed E-state index contributed by atoms with van der Waals surface area (Å²) in [5.41, 5.74) is 4.80. The van der Waals surface area contributed by atoms with Crippen molar-refractivity contribution in [1.82, 2.24) is 5.48 Å². The number of hydrogen-bond acceptors (Lipinski definition) is 5. The van der Waals surface area contributed by atoms with E-state index in [1.807, 2.05) is 13.8 Å². The highest BCUT2D eigenvalue weighted by Crippen LogP contribution is 2.40. The first kappa shape index (κ1) is 20.6. The summed E-state index contributed by atoms with van der Waals surface area (Å²) in [5, 5.41) is 13.0. The van der Waals surface area contributed by atoms with Gasteiger partial charge in [-0.1, -0.05) is 43.3 Å². The molecule has 1 aromatic carbocycles. The molecule has 1 amide bonds. The number of amides is 1. The molecule has 0 saturated heterocycles. The number of carbonyl (C=O) groups excluding carboxylic acids is 1. The number of nitrogens with one attached hydrogen (secondary N) is 1. The van der Waals surface area contributed by atoms with Gasteiger partial charge in [-0.15, -0.1) is 0 Å². The third-order valence-corrected chi connectivity index (χ3v) is 6.48. The molecule has 7 heteroatoms. The van der Waals surface area contributed by atoms with Crippen LogP contribution in [0.15, 0.2) is 29.4 Å². The topological polar surface area (TPSA) is 88.0 Å². The zero-order valence-corrected chi connectivity index (χ0v) is 16.6. The van der Waals surface area contributed by atoms with Gasteiger partial charge in [-0.05, 0) is 36.8 Å². The largest absolute Gasteiger partial charge is 0.392 e. The van der Waals surface area contributed by atoms with Crippen molar-refractivity contribution in [3.63, 3.8) is 0 Å². The molecule has 0 spiro atoms. The Bertz CT molecular complexity index is 685. The maximum Gasteiger partial charge on any atom is 0.262 e. The Kier molecular flexibility index (Phi) is 6.94. The van der Waals surface area contributed by atoms with Gasteiger partial charge in [0.1, 0.15) is 10.9 Å². The Balaban J connectivity index is 0.00000117. The second kappa shape index (κ2) is 8.77. The van der Waals surface area contributed by atoms with Crippen LogP contribution in [-0.4, -0.2) is 38.1 Å². The lowest BCUT2D eigenvalue weighted by Gasteiger charge is -2.26. The van der Waals surface area contributed by atoms with E-state index in [2.05, 4.69) is 29.4 Å². The predicted octanol–water partition coefficient (Wildman–Crippen LogP) is 3.12. The zero-order chi connectivity index (χ0) is 19.3. The number of carbonyl (C=O) groups is 1. The van der Waals surface area contributed by atoms with E-state index < -0.39 is 21.5 Å². The molecular formula is C19H28N2O4S. The standard InChI is InChI=1S/C17H22N2O4S.C2H6/c1-17(24(2)22,16(20)18-21)10-14-9-15(19-23-14)13-7-5-12(6-8-13)11-3-4-11;1-2/h5-8,11,14,21H,3-4,9-10H2,1-2H3,(H,18,20);1-2H3. The molecular weight excluding hydrogens is 352 g/mol. The molecule has 1 heterocycles. The molecule has 1 aliphatic heterocycles. The number of nitrogens with zero attached hydrogens (tertiary/aromatic N) is 1. The molecule has 0 radical (unpaired) electrons. The molecule has 6 nitrogen and oxygen atoms in total. The summed E-state index contributed by atoms with van der Waals surface area (Å²) in [6.45, 7) is 5.56. The molecule has 3 unspecified atom stereocenters. The first-order valence-electron chi connectivity index (χ1n) is 9.05. The highest BCUT2D eigenvalue weighted by Gasteiger charge is 2.42. The molecule has 1 saturated carbocycles. The molecule has 144 valence electrons. The molecule has 26 heavy (non-hydrogen) atoms. The van der Waals surface area contributed by atoms with Gasteiger partial charge in [-0.2, -0.15) is 0 Å². The summed E-state index contributed by atoms with van der Waals surface area (Å²) in [5.74, 6) is 0.0416. The highest BCUT2D eigenvalue weighted by molar-refractivity contribution is 7.86. The first-order valence-corrected chi connectivity index (χ1v) is 10.6. The predicted molar refractivity (Wildman–Crippen MR) is 103 cm³/mol. The first-order chi connectivity index (χ1) is 12.4. The van der Waals surface area contributed by atoms with Crippen molar-refractivity contribution in [3.05, 3.63) is 35.4 Å². The summed E-state index contributed by atoms with van der Waals surface area (Å²) in [7, 11) is -1.46. The Morgan fingerprint density at radius 1 is 1.35 bits per heavy atom. The number of benzene rings is 1. The van der Waals surface area contributed by atoms with Gasteiger partial charge < -0.3 is 4.84 Å². The quantitative estimate of drug-likeness (QED) is 0.586. The van der Waals surface area contributed by atoms with Crippen LogP contribution in [0.5, 0.6) is 0 Å². The molecule has 0 aromatic heterocycles. The van der Waals surface area contributed by atoms with Gasteiger partial charge in [-0.25, -0.2) is 5.48 Å². The van der Waals surface area contributed by atoms with Gasteiger partial charge in [0.15, 0.2) is 0 Å². The van der Waals surface area contributed by atoms with Gasteiger partial charge in [-0.3, -0.25) is 14.2 Å². The monoisotopic (exact) mass is 380 g/mol. The van der Waals surface area contributed by atoms with Crippen LogP contribution in [0.3, 0.4) is 0 Å². The van der Waals surface area contributed by atoms with E-state index in [1.165, 1.54) is 24.7 Å². The lowest BCUT2D eigenvalue weighted by atomic mass is 9.96. The van der Waals surface area contributed by atoms with Gasteiger partial charge >= 0.3 is 0 Å². The summed E-state index contributed by atoms with van der Waals surface area (Å²) >= 11 is 0. The van der Waals surface area contributed by atoms with E-state index in [4.69, 9.17) is 10.0 Å². The molecule has 2 N–H and O–H groups in total. The Morgan fingerprint density at radius 3 is 2.46 bits per heavy atom. The van der Waals surface area contributed by atoms with Crippen LogP contribution in [0.25, 0.3) is 0 Å². The minimum Gasteiger partial charge on any atom is -0.392 e. The van der Waals surface area contributed by atoms with Gasteiger partial charge in [0, 0.05) is 29.9 Å². The van der Waals surface area contributed by atoms with E-state index in [0.29, 0.717) is 12.3 Å². The fourth-order valence-electron chi connectivity index (χ4n) is 2.97. The second-order valence-corrected chi connectivity index (χ2v) is 8.51. The smallest absolute Gasteiger partial charge is 0.262 e. The average molecular weight is 381 g/mol. The lowest BCUT2D eigenvalue weighted by Crippen LogP contribution is -2.48. The van der Waals surface area contributed by atoms with Crippen molar-refractivity contribution < 1.29 is 19.0 Å². The normalized spacial score (nSPS) is 22.2. The second-order valence-electron chi connectivity index (χ2n) is 6.70. The van der Waals surface area contributed by atoms with E-state index >= 15 is 0 Å². The molecule has 3 rings (SSSR count). The summed E-state index contributed by atoms with van der Waals surface area (Å²) in [4.78, 5) is 17.3. The van der Waals surface area contributed by atoms with Crippen LogP contribution in [0.4, 0.5) is 0 Å². The molecule has 3 atom stereocenters. The average Bonchev–Trinajstić information content (AvgIpc) is 3.42. The van der Waals surface area contributed by atoms with Gasteiger partial charge in [0.25, 0.3) is 5.91 Å². The van der Waals surface area contributed by atoms with E-state index in [9.17, 15) is 9.00 Å².